The molecule has 1 aliphatic rings. The van der Waals surface area contributed by atoms with E-state index in [2.05, 4.69) is 21.4 Å². The number of carbonyl (C=O) groups is 1. The highest BCUT2D eigenvalue weighted by Crippen LogP contribution is 2.40. The van der Waals surface area contributed by atoms with Gasteiger partial charge in [0.2, 0.25) is 11.9 Å². The summed E-state index contributed by atoms with van der Waals surface area (Å²) in [6.07, 6.45) is 1.89. The second kappa shape index (κ2) is 4.95. The zero-order valence-electron chi connectivity index (χ0n) is 13.1. The number of hydrogen-bond acceptors (Lipinski definition) is 3. The number of benzene rings is 2. The summed E-state index contributed by atoms with van der Waals surface area (Å²) in [6, 6.07) is 17.3. The molecule has 0 unspecified atom stereocenters. The number of nitrogens with zero attached hydrogens (tertiary/aromatic N) is 3. The molecule has 0 fully saturated rings. The fraction of sp³-hybridized carbons (Fsp3) is 0.105. The maximum atomic E-state index is 12.5. The maximum Gasteiger partial charge on any atom is 0.246 e. The third-order valence-corrected chi connectivity index (χ3v) is 4.79. The summed E-state index contributed by atoms with van der Waals surface area (Å²) in [5, 5.41) is 13.5. The van der Waals surface area contributed by atoms with E-state index in [0.717, 1.165) is 27.5 Å². The lowest BCUT2D eigenvalue weighted by atomic mass is 9.91. The van der Waals surface area contributed by atoms with E-state index in [1.54, 1.807) is 0 Å². The molecule has 5 rings (SSSR count). The Morgan fingerprint density at radius 1 is 1.12 bits per heavy atom. The number of H-pyrrole nitrogens is 1. The van der Waals surface area contributed by atoms with E-state index < -0.39 is 12.0 Å². The Labute approximate surface area is 142 Å². The van der Waals surface area contributed by atoms with Crippen molar-refractivity contribution in [3.05, 3.63) is 60.3 Å². The van der Waals surface area contributed by atoms with E-state index in [0.29, 0.717) is 5.95 Å². The van der Waals surface area contributed by atoms with E-state index in [1.807, 2.05) is 59.3 Å². The van der Waals surface area contributed by atoms with Crippen molar-refractivity contribution in [3.63, 3.8) is 0 Å². The van der Waals surface area contributed by atoms with Crippen molar-refractivity contribution in [3.8, 4) is 6.07 Å². The molecule has 0 aliphatic carbocycles. The molecule has 1 amide bonds. The number of aromatic amines is 1. The molecule has 3 heterocycles. The Morgan fingerprint density at radius 3 is 2.80 bits per heavy atom. The van der Waals surface area contributed by atoms with E-state index in [1.165, 1.54) is 0 Å². The smallest absolute Gasteiger partial charge is 0.246 e. The monoisotopic (exact) mass is 327 g/mol. The quantitative estimate of drug-likeness (QED) is 0.563. The summed E-state index contributed by atoms with van der Waals surface area (Å²) in [6.45, 7) is 0. The first-order chi connectivity index (χ1) is 12.3. The second-order valence-electron chi connectivity index (χ2n) is 6.12. The minimum atomic E-state index is -0.829. The average molecular weight is 327 g/mol. The van der Waals surface area contributed by atoms with Gasteiger partial charge in [-0.3, -0.25) is 10.1 Å². The number of rotatable bonds is 1. The van der Waals surface area contributed by atoms with Gasteiger partial charge in [0, 0.05) is 22.7 Å². The third kappa shape index (κ3) is 1.83. The molecule has 0 saturated carbocycles. The summed E-state index contributed by atoms with van der Waals surface area (Å²) in [5.74, 6) is -0.669. The summed E-state index contributed by atoms with van der Waals surface area (Å²) in [5.41, 5.74) is 3.59. The summed E-state index contributed by atoms with van der Waals surface area (Å²) in [4.78, 5) is 20.3. The highest BCUT2D eigenvalue weighted by molar-refractivity contribution is 5.98. The van der Waals surface area contributed by atoms with Crippen LogP contribution < -0.4 is 5.32 Å². The third-order valence-electron chi connectivity index (χ3n) is 4.79. The normalized spacial score (nSPS) is 19.6. The molecule has 120 valence electrons. The van der Waals surface area contributed by atoms with Crippen molar-refractivity contribution in [1.29, 1.82) is 5.26 Å². The van der Waals surface area contributed by atoms with Crippen LogP contribution in [0.4, 0.5) is 5.95 Å². The maximum absolute atomic E-state index is 12.5. The van der Waals surface area contributed by atoms with E-state index >= 15 is 0 Å². The van der Waals surface area contributed by atoms with Crippen molar-refractivity contribution in [2.75, 3.05) is 5.32 Å². The summed E-state index contributed by atoms with van der Waals surface area (Å²) < 4.78 is 1.96. The molecule has 0 spiro atoms. The molecule has 0 bridgehead atoms. The van der Waals surface area contributed by atoms with Crippen LogP contribution in [0.5, 0.6) is 0 Å². The van der Waals surface area contributed by atoms with Crippen LogP contribution in [0.3, 0.4) is 0 Å². The molecular weight excluding hydrogens is 314 g/mol. The number of imidazole rings is 1. The molecule has 25 heavy (non-hydrogen) atoms. The Morgan fingerprint density at radius 2 is 1.92 bits per heavy atom. The molecule has 0 radical (unpaired) electrons. The van der Waals surface area contributed by atoms with E-state index in [4.69, 9.17) is 0 Å². The molecule has 6 heteroatoms. The zero-order chi connectivity index (χ0) is 17.0. The topological polar surface area (TPSA) is 86.5 Å². The Hall–Kier alpha value is -3.59. The molecular formula is C19H13N5O. The van der Waals surface area contributed by atoms with Crippen LogP contribution in [0.25, 0.3) is 21.9 Å². The van der Waals surface area contributed by atoms with Gasteiger partial charge in [0.05, 0.1) is 23.1 Å². The molecule has 0 saturated heterocycles. The van der Waals surface area contributed by atoms with Crippen molar-refractivity contribution in [2.45, 2.75) is 6.04 Å². The van der Waals surface area contributed by atoms with Crippen LogP contribution >= 0.6 is 0 Å². The minimum Gasteiger partial charge on any atom is -0.361 e. The van der Waals surface area contributed by atoms with Crippen molar-refractivity contribution in [2.24, 2.45) is 5.92 Å². The summed E-state index contributed by atoms with van der Waals surface area (Å²) >= 11 is 0. The number of hydrogen-bond donors (Lipinski definition) is 2. The lowest BCUT2D eigenvalue weighted by Gasteiger charge is -2.29. The second-order valence-corrected chi connectivity index (χ2v) is 6.12. The molecule has 6 nitrogen and oxygen atoms in total. The SMILES string of the molecule is N#C[C@@H]1C(=O)Nc2nc3ccccc3n2[C@@H]1c1c[nH]c2ccccc12. The number of nitriles is 1. The van der Waals surface area contributed by atoms with Crippen LogP contribution in [-0.4, -0.2) is 20.4 Å². The van der Waals surface area contributed by atoms with Gasteiger partial charge in [0.25, 0.3) is 0 Å². The number of nitrogens with one attached hydrogen (secondary N) is 2. The van der Waals surface area contributed by atoms with Crippen LogP contribution in [-0.2, 0) is 4.79 Å². The molecule has 2 aromatic heterocycles. The molecule has 2 aromatic carbocycles. The molecule has 2 N–H and O–H groups in total. The average Bonchev–Trinajstić information content (AvgIpc) is 3.21. The van der Waals surface area contributed by atoms with Gasteiger partial charge in [-0.25, -0.2) is 4.98 Å². The van der Waals surface area contributed by atoms with Crippen LogP contribution in [0.15, 0.2) is 54.7 Å². The van der Waals surface area contributed by atoms with Crippen molar-refractivity contribution < 1.29 is 4.79 Å². The minimum absolute atomic E-state index is 0.319. The van der Waals surface area contributed by atoms with Gasteiger partial charge in [0.15, 0.2) is 5.92 Å². The predicted octanol–water partition coefficient (Wildman–Crippen LogP) is 3.20. The highest BCUT2D eigenvalue weighted by atomic mass is 16.2. The molecule has 4 aromatic rings. The molecule has 1 aliphatic heterocycles. The van der Waals surface area contributed by atoms with Gasteiger partial charge in [-0.1, -0.05) is 30.3 Å². The Kier molecular flexibility index (Phi) is 2.74. The number of aromatic nitrogens is 3. The van der Waals surface area contributed by atoms with Gasteiger partial charge in [-0.15, -0.1) is 0 Å². The van der Waals surface area contributed by atoms with Crippen molar-refractivity contribution in [1.82, 2.24) is 14.5 Å². The van der Waals surface area contributed by atoms with Crippen LogP contribution in [0, 0.1) is 17.2 Å². The first-order valence-corrected chi connectivity index (χ1v) is 8.01. The lowest BCUT2D eigenvalue weighted by Crippen LogP contribution is -2.37. The fourth-order valence-corrected chi connectivity index (χ4v) is 3.68. The predicted molar refractivity (Wildman–Crippen MR) is 93.9 cm³/mol. The largest absolute Gasteiger partial charge is 0.361 e. The summed E-state index contributed by atoms with van der Waals surface area (Å²) in [7, 11) is 0. The highest BCUT2D eigenvalue weighted by Gasteiger charge is 2.39. The van der Waals surface area contributed by atoms with Gasteiger partial charge >= 0.3 is 0 Å². The van der Waals surface area contributed by atoms with Crippen LogP contribution in [0.1, 0.15) is 11.6 Å². The Balaban J connectivity index is 1.85. The number of anilines is 1. The Bertz CT molecular complexity index is 1180. The number of carbonyl (C=O) groups excluding carboxylic acids is 1. The van der Waals surface area contributed by atoms with Gasteiger partial charge in [0.1, 0.15) is 0 Å². The number of amides is 1. The standard InChI is InChI=1S/C19H13N5O/c20-9-12-17(13-10-21-14-6-2-1-5-11(13)14)24-16-8-4-3-7-15(16)22-19(24)23-18(12)25/h1-8,10,12,17,21H,(H,22,23,25)/t12-,17-/m0/s1. The first-order valence-electron chi connectivity index (χ1n) is 8.01. The van der Waals surface area contributed by atoms with Gasteiger partial charge in [-0.2, -0.15) is 5.26 Å². The van der Waals surface area contributed by atoms with Crippen molar-refractivity contribution >= 4 is 33.8 Å². The van der Waals surface area contributed by atoms with E-state index in [9.17, 15) is 10.1 Å². The van der Waals surface area contributed by atoms with Gasteiger partial charge in [-0.05, 0) is 18.2 Å². The first kappa shape index (κ1) is 13.8. The van der Waals surface area contributed by atoms with Crippen LogP contribution in [0.2, 0.25) is 0 Å². The molecule has 2 atom stereocenters. The number of fused-ring (bicyclic) bond motifs is 4. The number of para-hydroxylation sites is 3. The van der Waals surface area contributed by atoms with E-state index in [-0.39, 0.29) is 5.91 Å². The lowest BCUT2D eigenvalue weighted by molar-refractivity contribution is -0.119. The fourth-order valence-electron chi connectivity index (χ4n) is 3.68. The zero-order valence-corrected chi connectivity index (χ0v) is 13.1. The van der Waals surface area contributed by atoms with Gasteiger partial charge < -0.3 is 9.55 Å².